The molecule has 0 N–H and O–H groups in total. The summed E-state index contributed by atoms with van der Waals surface area (Å²) in [6.07, 6.45) is 5.30. The van der Waals surface area contributed by atoms with Crippen LogP contribution < -0.4 is 0 Å². The molecule has 0 spiro atoms. The molecule has 0 bridgehead atoms. The summed E-state index contributed by atoms with van der Waals surface area (Å²) in [5, 5.41) is 0. The van der Waals surface area contributed by atoms with Crippen LogP contribution in [-0.4, -0.2) is 0 Å². The largest absolute Gasteiger partial charge is 0.469 e. The van der Waals surface area contributed by atoms with E-state index in [0.717, 1.165) is 35.9 Å². The van der Waals surface area contributed by atoms with Gasteiger partial charge in [0.1, 0.15) is 23.0 Å². The zero-order valence-corrected chi connectivity index (χ0v) is 12.4. The van der Waals surface area contributed by atoms with Gasteiger partial charge in [-0.25, -0.2) is 0 Å². The Morgan fingerprint density at radius 2 is 1.19 bits per heavy atom. The minimum absolute atomic E-state index is 0.169. The second kappa shape index (κ2) is 6.08. The first-order valence-corrected chi connectivity index (χ1v) is 7.49. The first-order valence-electron chi connectivity index (χ1n) is 7.49. The molecule has 0 fully saturated rings. The fourth-order valence-corrected chi connectivity index (χ4v) is 2.81. The maximum Gasteiger partial charge on any atom is 0.114 e. The van der Waals surface area contributed by atoms with E-state index in [4.69, 9.17) is 13.3 Å². The van der Waals surface area contributed by atoms with Crippen molar-refractivity contribution in [2.75, 3.05) is 0 Å². The molecule has 3 aromatic rings. The maximum absolute atomic E-state index is 6.12. The van der Waals surface area contributed by atoms with Crippen LogP contribution in [0.25, 0.3) is 0 Å². The molecule has 3 heteroatoms. The van der Waals surface area contributed by atoms with Crippen molar-refractivity contribution < 1.29 is 13.3 Å². The number of furan rings is 3. The molecule has 0 aliphatic heterocycles. The van der Waals surface area contributed by atoms with E-state index in [2.05, 4.69) is 26.0 Å². The van der Waals surface area contributed by atoms with Crippen LogP contribution in [-0.2, 0) is 0 Å². The number of rotatable bonds is 6. The summed E-state index contributed by atoms with van der Waals surface area (Å²) >= 11 is 0. The first kappa shape index (κ1) is 13.8. The molecule has 3 nitrogen and oxygen atoms in total. The van der Waals surface area contributed by atoms with Gasteiger partial charge in [-0.2, -0.15) is 0 Å². The molecule has 0 saturated carbocycles. The summed E-state index contributed by atoms with van der Waals surface area (Å²) < 4.78 is 17.2. The molecule has 3 heterocycles. The van der Waals surface area contributed by atoms with Crippen LogP contribution in [0.3, 0.4) is 0 Å². The maximum atomic E-state index is 6.12. The highest BCUT2D eigenvalue weighted by molar-refractivity contribution is 5.25. The average molecular weight is 284 g/mol. The van der Waals surface area contributed by atoms with Crippen molar-refractivity contribution in [1.82, 2.24) is 0 Å². The lowest BCUT2D eigenvalue weighted by atomic mass is 10.00. The monoisotopic (exact) mass is 284 g/mol. The van der Waals surface area contributed by atoms with Gasteiger partial charge in [-0.1, -0.05) is 13.8 Å². The Bertz CT molecular complexity index is 590. The van der Waals surface area contributed by atoms with Crippen LogP contribution in [0.1, 0.15) is 61.6 Å². The Kier molecular flexibility index (Phi) is 4.00. The zero-order valence-electron chi connectivity index (χ0n) is 12.4. The summed E-state index contributed by atoms with van der Waals surface area (Å²) in [4.78, 5) is 0. The van der Waals surface area contributed by atoms with E-state index in [9.17, 15) is 0 Å². The van der Waals surface area contributed by atoms with Gasteiger partial charge < -0.3 is 13.3 Å². The van der Waals surface area contributed by atoms with Gasteiger partial charge in [0, 0.05) is 0 Å². The highest BCUT2D eigenvalue weighted by Gasteiger charge is 2.23. The normalized spacial score (nSPS) is 14.2. The molecule has 0 aromatic carbocycles. The van der Waals surface area contributed by atoms with Gasteiger partial charge >= 0.3 is 0 Å². The predicted molar refractivity (Wildman–Crippen MR) is 80.4 cm³/mol. The lowest BCUT2D eigenvalue weighted by molar-refractivity contribution is 0.377. The molecule has 0 saturated heterocycles. The third kappa shape index (κ3) is 2.68. The lowest BCUT2D eigenvalue weighted by Crippen LogP contribution is -1.98. The zero-order chi connectivity index (χ0) is 14.7. The van der Waals surface area contributed by atoms with E-state index in [1.165, 1.54) is 0 Å². The van der Waals surface area contributed by atoms with E-state index in [1.807, 2.05) is 24.3 Å². The third-order valence-electron chi connectivity index (χ3n) is 3.92. The molecular formula is C18H20O3. The van der Waals surface area contributed by atoms with Gasteiger partial charge in [-0.3, -0.25) is 0 Å². The van der Waals surface area contributed by atoms with Crippen molar-refractivity contribution in [3.05, 3.63) is 72.0 Å². The van der Waals surface area contributed by atoms with Crippen LogP contribution in [0.2, 0.25) is 0 Å². The molecule has 2 unspecified atom stereocenters. The minimum atomic E-state index is 0.169. The van der Waals surface area contributed by atoms with Crippen molar-refractivity contribution in [2.24, 2.45) is 0 Å². The Labute approximate surface area is 124 Å². The number of hydrogen-bond donors (Lipinski definition) is 0. The van der Waals surface area contributed by atoms with E-state index in [-0.39, 0.29) is 11.8 Å². The Hall–Kier alpha value is -2.16. The van der Waals surface area contributed by atoms with Crippen molar-refractivity contribution in [3.8, 4) is 0 Å². The van der Waals surface area contributed by atoms with Crippen LogP contribution in [0.5, 0.6) is 0 Å². The second-order valence-corrected chi connectivity index (χ2v) is 5.19. The van der Waals surface area contributed by atoms with Crippen LogP contribution in [0.4, 0.5) is 0 Å². The van der Waals surface area contributed by atoms with Gasteiger partial charge in [-0.05, 0) is 49.2 Å². The summed E-state index contributed by atoms with van der Waals surface area (Å²) in [5.41, 5.74) is 0. The average Bonchev–Trinajstić information content (AvgIpc) is 3.23. The SMILES string of the molecule is CCC(c1ccco1)c1ccc(C(CC)c2ccco2)o1. The molecule has 21 heavy (non-hydrogen) atoms. The van der Waals surface area contributed by atoms with Gasteiger partial charge in [0.2, 0.25) is 0 Å². The third-order valence-corrected chi connectivity index (χ3v) is 3.92. The van der Waals surface area contributed by atoms with Crippen LogP contribution in [0, 0.1) is 0 Å². The van der Waals surface area contributed by atoms with Crippen molar-refractivity contribution >= 4 is 0 Å². The van der Waals surface area contributed by atoms with E-state index < -0.39 is 0 Å². The van der Waals surface area contributed by atoms with Gasteiger partial charge in [0.05, 0.1) is 24.4 Å². The standard InChI is InChI=1S/C18H20O3/c1-3-13(15-7-5-11-19-15)17-9-10-18(21-17)14(4-2)16-8-6-12-20-16/h5-14H,3-4H2,1-2H3. The molecule has 3 rings (SSSR count). The lowest BCUT2D eigenvalue weighted by Gasteiger charge is -2.11. The van der Waals surface area contributed by atoms with E-state index in [1.54, 1.807) is 12.5 Å². The molecule has 2 atom stereocenters. The van der Waals surface area contributed by atoms with Gasteiger partial charge in [0.15, 0.2) is 0 Å². The molecule has 0 aliphatic carbocycles. The van der Waals surface area contributed by atoms with Gasteiger partial charge in [-0.15, -0.1) is 0 Å². The fourth-order valence-electron chi connectivity index (χ4n) is 2.81. The summed E-state index contributed by atoms with van der Waals surface area (Å²) in [7, 11) is 0. The molecule has 3 aromatic heterocycles. The van der Waals surface area contributed by atoms with Crippen molar-refractivity contribution in [1.29, 1.82) is 0 Å². The Balaban J connectivity index is 1.88. The Morgan fingerprint density at radius 3 is 1.52 bits per heavy atom. The molecule has 110 valence electrons. The smallest absolute Gasteiger partial charge is 0.114 e. The summed E-state index contributed by atoms with van der Waals surface area (Å²) in [6.45, 7) is 4.28. The molecule has 0 radical (unpaired) electrons. The van der Waals surface area contributed by atoms with Crippen molar-refractivity contribution in [2.45, 2.75) is 38.5 Å². The first-order chi connectivity index (χ1) is 10.3. The number of hydrogen-bond acceptors (Lipinski definition) is 3. The summed E-state index contributed by atoms with van der Waals surface area (Å²) in [6, 6.07) is 11.9. The van der Waals surface area contributed by atoms with E-state index >= 15 is 0 Å². The molecule has 0 aliphatic rings. The van der Waals surface area contributed by atoms with E-state index in [0.29, 0.717) is 0 Å². The fraction of sp³-hybridized carbons (Fsp3) is 0.333. The quantitative estimate of drug-likeness (QED) is 0.595. The minimum Gasteiger partial charge on any atom is -0.469 e. The van der Waals surface area contributed by atoms with Crippen LogP contribution >= 0.6 is 0 Å². The highest BCUT2D eigenvalue weighted by Crippen LogP contribution is 2.34. The summed E-state index contributed by atoms with van der Waals surface area (Å²) in [5.74, 6) is 4.14. The van der Waals surface area contributed by atoms with Crippen LogP contribution in [0.15, 0.2) is 62.2 Å². The van der Waals surface area contributed by atoms with Crippen molar-refractivity contribution in [3.63, 3.8) is 0 Å². The predicted octanol–water partition coefficient (Wildman–Crippen LogP) is 5.55. The second-order valence-electron chi connectivity index (χ2n) is 5.19. The topological polar surface area (TPSA) is 39.4 Å². The Morgan fingerprint density at radius 1 is 0.714 bits per heavy atom. The molecule has 0 amide bonds. The molecular weight excluding hydrogens is 264 g/mol. The highest BCUT2D eigenvalue weighted by atomic mass is 16.4. The van der Waals surface area contributed by atoms with Gasteiger partial charge in [0.25, 0.3) is 0 Å².